The topological polar surface area (TPSA) is 98.1 Å². The highest BCUT2D eigenvalue weighted by Gasteiger charge is 2.26. The molecule has 0 radical (unpaired) electrons. The number of esters is 1. The molecule has 0 aliphatic carbocycles. The number of nitrogens with one attached hydrogen (secondary N) is 1. The third kappa shape index (κ3) is 3.13. The summed E-state index contributed by atoms with van der Waals surface area (Å²) >= 11 is 5.96. The zero-order chi connectivity index (χ0) is 19.8. The lowest BCUT2D eigenvalue weighted by Gasteiger charge is -2.29. The first-order chi connectivity index (χ1) is 13.5. The number of anilines is 3. The fourth-order valence-electron chi connectivity index (χ4n) is 3.19. The van der Waals surface area contributed by atoms with Crippen molar-refractivity contribution in [2.45, 2.75) is 20.4 Å². The van der Waals surface area contributed by atoms with E-state index < -0.39 is 5.97 Å². The molecule has 4 rings (SSSR count). The van der Waals surface area contributed by atoms with E-state index in [2.05, 4.69) is 30.3 Å². The third-order valence-corrected chi connectivity index (χ3v) is 4.47. The van der Waals surface area contributed by atoms with Crippen LogP contribution in [-0.2, 0) is 11.3 Å². The Morgan fingerprint density at radius 3 is 2.96 bits per heavy atom. The summed E-state index contributed by atoms with van der Waals surface area (Å²) in [6, 6.07) is 5.76. The second-order valence-electron chi connectivity index (χ2n) is 6.26. The lowest BCUT2D eigenvalue weighted by atomic mass is 10.1. The number of carbonyl (C=O) groups is 1. The van der Waals surface area contributed by atoms with Gasteiger partial charge in [0, 0.05) is 13.2 Å². The van der Waals surface area contributed by atoms with E-state index in [0.717, 1.165) is 22.9 Å². The molecule has 2 aromatic heterocycles. The summed E-state index contributed by atoms with van der Waals surface area (Å²) < 4.78 is 6.92. The van der Waals surface area contributed by atoms with Crippen molar-refractivity contribution in [3.8, 4) is 5.69 Å². The number of fused-ring (bicyclic) bond motifs is 3. The lowest BCUT2D eigenvalue weighted by molar-refractivity contribution is 0.0526. The molecular weight excluding hydrogens is 382 g/mol. The first-order valence-electron chi connectivity index (χ1n) is 8.71. The molecule has 0 spiro atoms. The van der Waals surface area contributed by atoms with E-state index in [1.807, 2.05) is 36.9 Å². The summed E-state index contributed by atoms with van der Waals surface area (Å²) in [5.74, 6) is 1.33. The van der Waals surface area contributed by atoms with Crippen molar-refractivity contribution in [1.82, 2.24) is 24.7 Å². The minimum absolute atomic E-state index is 0.0305. The predicted molar refractivity (Wildman–Crippen MR) is 104 cm³/mol. The number of rotatable bonds is 4. The molecule has 1 N–H and O–H groups in total. The molecular formula is C18H18ClN7O2. The summed E-state index contributed by atoms with van der Waals surface area (Å²) in [6.07, 6.45) is 1.35. The van der Waals surface area contributed by atoms with Crippen LogP contribution >= 0.6 is 11.6 Å². The first kappa shape index (κ1) is 18.2. The zero-order valence-corrected chi connectivity index (χ0v) is 16.4. The van der Waals surface area contributed by atoms with Crippen molar-refractivity contribution in [3.63, 3.8) is 0 Å². The van der Waals surface area contributed by atoms with Gasteiger partial charge in [0.15, 0.2) is 5.82 Å². The Bertz CT molecular complexity index is 1070. The van der Waals surface area contributed by atoms with E-state index in [1.165, 1.54) is 6.20 Å². The predicted octanol–water partition coefficient (Wildman–Crippen LogP) is 2.89. The van der Waals surface area contributed by atoms with Gasteiger partial charge in [-0.2, -0.15) is 10.1 Å². The number of nitrogens with zero attached hydrogens (tertiary/aromatic N) is 6. The molecule has 3 aromatic rings. The van der Waals surface area contributed by atoms with E-state index in [0.29, 0.717) is 12.4 Å². The zero-order valence-electron chi connectivity index (χ0n) is 15.6. The second kappa shape index (κ2) is 7.08. The Balaban J connectivity index is 1.79. The van der Waals surface area contributed by atoms with E-state index in [4.69, 9.17) is 16.3 Å². The molecule has 144 valence electrons. The SMILES string of the molecule is CCOC(=O)c1cnc(Cl)nc1Nc1cccc2c1N(C)Cc1nc(C)nn1-2. The van der Waals surface area contributed by atoms with Gasteiger partial charge in [-0.05, 0) is 37.6 Å². The van der Waals surface area contributed by atoms with Gasteiger partial charge in [-0.15, -0.1) is 0 Å². The largest absolute Gasteiger partial charge is 0.462 e. The number of para-hydroxylation sites is 1. The molecule has 0 bridgehead atoms. The standard InChI is InChI=1S/C18H18ClN7O2/c1-4-28-17(27)11-8-20-18(19)23-16(11)22-12-6-5-7-13-15(12)25(3)9-14-21-10(2)24-26(13)14/h5-8H,4,9H2,1-3H3,(H,20,22,23). The van der Waals surface area contributed by atoms with Gasteiger partial charge >= 0.3 is 5.97 Å². The molecule has 1 aromatic carbocycles. The molecule has 0 unspecified atom stereocenters. The van der Waals surface area contributed by atoms with Crippen LogP contribution in [0.25, 0.3) is 5.69 Å². The monoisotopic (exact) mass is 399 g/mol. The molecule has 0 saturated carbocycles. The fraction of sp³-hybridized carbons (Fsp3) is 0.278. The van der Waals surface area contributed by atoms with Crippen LogP contribution in [0.4, 0.5) is 17.2 Å². The number of hydrogen-bond donors (Lipinski definition) is 1. The summed E-state index contributed by atoms with van der Waals surface area (Å²) in [5, 5.41) is 7.73. The molecule has 1 aliphatic heterocycles. The van der Waals surface area contributed by atoms with Crippen LogP contribution in [0.1, 0.15) is 28.9 Å². The molecule has 0 fully saturated rings. The third-order valence-electron chi connectivity index (χ3n) is 4.29. The minimum atomic E-state index is -0.519. The highest BCUT2D eigenvalue weighted by atomic mass is 35.5. The highest BCUT2D eigenvalue weighted by Crippen LogP contribution is 2.38. The van der Waals surface area contributed by atoms with Gasteiger partial charge in [-0.3, -0.25) is 0 Å². The lowest BCUT2D eigenvalue weighted by Crippen LogP contribution is -2.27. The van der Waals surface area contributed by atoms with Crippen LogP contribution in [0, 0.1) is 6.92 Å². The normalized spacial score (nSPS) is 12.4. The van der Waals surface area contributed by atoms with Crippen LogP contribution in [0.3, 0.4) is 0 Å². The van der Waals surface area contributed by atoms with Crippen LogP contribution in [-0.4, -0.2) is 44.4 Å². The maximum Gasteiger partial charge on any atom is 0.343 e. The van der Waals surface area contributed by atoms with Crippen molar-refractivity contribution < 1.29 is 9.53 Å². The van der Waals surface area contributed by atoms with Gasteiger partial charge in [-0.1, -0.05) is 6.07 Å². The van der Waals surface area contributed by atoms with Gasteiger partial charge in [-0.25, -0.2) is 19.4 Å². The van der Waals surface area contributed by atoms with Gasteiger partial charge in [0.1, 0.15) is 17.2 Å². The highest BCUT2D eigenvalue weighted by molar-refractivity contribution is 6.28. The van der Waals surface area contributed by atoms with E-state index >= 15 is 0 Å². The van der Waals surface area contributed by atoms with Crippen molar-refractivity contribution in [3.05, 3.63) is 46.9 Å². The number of carbonyl (C=O) groups excluding carboxylic acids is 1. The van der Waals surface area contributed by atoms with Gasteiger partial charge in [0.05, 0.1) is 30.2 Å². The molecule has 0 amide bonds. The van der Waals surface area contributed by atoms with Gasteiger partial charge in [0.2, 0.25) is 5.28 Å². The van der Waals surface area contributed by atoms with Crippen molar-refractivity contribution >= 4 is 34.8 Å². The summed E-state index contributed by atoms with van der Waals surface area (Å²) in [6.45, 7) is 4.45. The van der Waals surface area contributed by atoms with Crippen molar-refractivity contribution in [1.29, 1.82) is 0 Å². The Kier molecular flexibility index (Phi) is 4.60. The number of ether oxygens (including phenoxy) is 1. The number of halogens is 1. The molecule has 28 heavy (non-hydrogen) atoms. The van der Waals surface area contributed by atoms with Crippen molar-refractivity contribution in [2.75, 3.05) is 23.9 Å². The number of aromatic nitrogens is 5. The molecule has 9 nitrogen and oxygen atoms in total. The van der Waals surface area contributed by atoms with E-state index in [9.17, 15) is 4.79 Å². The molecule has 0 saturated heterocycles. The average Bonchev–Trinajstić information content (AvgIpc) is 3.02. The fourth-order valence-corrected chi connectivity index (χ4v) is 3.32. The smallest absolute Gasteiger partial charge is 0.343 e. The molecule has 3 heterocycles. The van der Waals surface area contributed by atoms with Crippen LogP contribution < -0.4 is 10.2 Å². The minimum Gasteiger partial charge on any atom is -0.462 e. The number of aryl methyl sites for hydroxylation is 1. The van der Waals surface area contributed by atoms with Crippen LogP contribution in [0.15, 0.2) is 24.4 Å². The quantitative estimate of drug-likeness (QED) is 0.528. The van der Waals surface area contributed by atoms with Crippen LogP contribution in [0.2, 0.25) is 5.28 Å². The summed E-state index contributed by atoms with van der Waals surface area (Å²) in [5.41, 5.74) is 2.75. The molecule has 1 aliphatic rings. The Hall–Kier alpha value is -3.20. The Morgan fingerprint density at radius 1 is 1.36 bits per heavy atom. The molecule has 0 atom stereocenters. The van der Waals surface area contributed by atoms with Gasteiger partial charge < -0.3 is 15.0 Å². The van der Waals surface area contributed by atoms with E-state index in [-0.39, 0.29) is 23.3 Å². The van der Waals surface area contributed by atoms with E-state index in [1.54, 1.807) is 6.92 Å². The Morgan fingerprint density at radius 2 is 2.18 bits per heavy atom. The summed E-state index contributed by atoms with van der Waals surface area (Å²) in [4.78, 5) is 26.9. The first-order valence-corrected chi connectivity index (χ1v) is 9.09. The average molecular weight is 400 g/mol. The maximum absolute atomic E-state index is 12.3. The number of hydrogen-bond acceptors (Lipinski definition) is 8. The maximum atomic E-state index is 12.3. The summed E-state index contributed by atoms with van der Waals surface area (Å²) in [7, 11) is 1.97. The van der Waals surface area contributed by atoms with Crippen LogP contribution in [0.5, 0.6) is 0 Å². The van der Waals surface area contributed by atoms with Gasteiger partial charge in [0.25, 0.3) is 0 Å². The van der Waals surface area contributed by atoms with Crippen molar-refractivity contribution in [2.24, 2.45) is 0 Å². The Labute approximate surface area is 166 Å². The number of benzene rings is 1. The second-order valence-corrected chi connectivity index (χ2v) is 6.60. The molecule has 10 heteroatoms.